The molecule has 0 radical (unpaired) electrons. The van der Waals surface area contributed by atoms with Crippen LogP contribution in [-0.2, 0) is 4.74 Å². The predicted octanol–water partition coefficient (Wildman–Crippen LogP) is 0.989. The third-order valence-corrected chi connectivity index (χ3v) is 3.90. The molecule has 2 fully saturated rings. The second kappa shape index (κ2) is 4.56. The molecular formula is C13H23N3O. The third kappa shape index (κ3) is 2.79. The maximum Gasteiger partial charge on any atom is 0.122 e. The number of hydrogen-bond acceptors (Lipinski definition) is 4. The first kappa shape index (κ1) is 12.8. The molecule has 2 aliphatic rings. The highest BCUT2D eigenvalue weighted by atomic mass is 16.5. The highest BCUT2D eigenvalue weighted by Gasteiger charge is 2.46. The van der Waals surface area contributed by atoms with Gasteiger partial charge in [-0.2, -0.15) is 5.26 Å². The molecule has 17 heavy (non-hydrogen) atoms. The number of morpholine rings is 1. The molecule has 1 N–H and O–H groups in total. The normalized spacial score (nSPS) is 28.4. The van der Waals surface area contributed by atoms with Crippen LogP contribution in [0.3, 0.4) is 0 Å². The van der Waals surface area contributed by atoms with Crippen LogP contribution in [0.1, 0.15) is 26.7 Å². The van der Waals surface area contributed by atoms with Gasteiger partial charge >= 0.3 is 0 Å². The average molecular weight is 237 g/mol. The van der Waals surface area contributed by atoms with E-state index in [-0.39, 0.29) is 11.1 Å². The Morgan fingerprint density at radius 3 is 2.71 bits per heavy atom. The van der Waals surface area contributed by atoms with E-state index in [9.17, 15) is 5.26 Å². The van der Waals surface area contributed by atoms with E-state index in [0.717, 1.165) is 26.2 Å². The largest absolute Gasteiger partial charge is 0.373 e. The van der Waals surface area contributed by atoms with Crippen LogP contribution in [0.15, 0.2) is 0 Å². The van der Waals surface area contributed by atoms with E-state index in [2.05, 4.69) is 30.1 Å². The van der Waals surface area contributed by atoms with E-state index < -0.39 is 0 Å². The smallest absolute Gasteiger partial charge is 0.122 e. The number of nitriles is 1. The minimum absolute atomic E-state index is 0.0866. The van der Waals surface area contributed by atoms with Crippen molar-refractivity contribution in [2.45, 2.75) is 37.8 Å². The van der Waals surface area contributed by atoms with Crippen molar-refractivity contribution in [3.05, 3.63) is 0 Å². The fraction of sp³-hybridized carbons (Fsp3) is 0.923. The van der Waals surface area contributed by atoms with Crippen LogP contribution in [0.2, 0.25) is 0 Å². The molecule has 0 aromatic rings. The number of likely N-dealkylation sites (N-methyl/N-ethyl adjacent to an activating group) is 1. The zero-order chi connectivity index (χ0) is 12.5. The van der Waals surface area contributed by atoms with Gasteiger partial charge in [0.2, 0.25) is 0 Å². The van der Waals surface area contributed by atoms with E-state index in [1.54, 1.807) is 0 Å². The van der Waals surface area contributed by atoms with E-state index >= 15 is 0 Å². The first-order chi connectivity index (χ1) is 8.01. The van der Waals surface area contributed by atoms with Crippen molar-refractivity contribution in [2.75, 3.05) is 33.3 Å². The van der Waals surface area contributed by atoms with Gasteiger partial charge in [-0.05, 0) is 39.7 Å². The molecule has 2 rings (SSSR count). The predicted molar refractivity (Wildman–Crippen MR) is 66.6 cm³/mol. The summed E-state index contributed by atoms with van der Waals surface area (Å²) >= 11 is 0. The minimum Gasteiger partial charge on any atom is -0.373 e. The maximum atomic E-state index is 9.48. The fourth-order valence-electron chi connectivity index (χ4n) is 2.77. The van der Waals surface area contributed by atoms with Gasteiger partial charge in [0.05, 0.1) is 18.3 Å². The highest BCUT2D eigenvalue weighted by molar-refractivity contribution is 5.16. The summed E-state index contributed by atoms with van der Waals surface area (Å²) in [6, 6.07) is 2.51. The van der Waals surface area contributed by atoms with Gasteiger partial charge in [0.25, 0.3) is 0 Å². The van der Waals surface area contributed by atoms with Gasteiger partial charge in [-0.3, -0.25) is 4.90 Å². The van der Waals surface area contributed by atoms with Gasteiger partial charge < -0.3 is 10.1 Å². The third-order valence-electron chi connectivity index (χ3n) is 3.90. The minimum atomic E-state index is -0.354. The van der Waals surface area contributed by atoms with E-state index in [1.165, 1.54) is 12.8 Å². The Labute approximate surface area is 104 Å². The summed E-state index contributed by atoms with van der Waals surface area (Å²) in [5.74, 6) is 0.531. The van der Waals surface area contributed by atoms with Crippen LogP contribution >= 0.6 is 0 Å². The molecule has 0 amide bonds. The second-order valence-corrected chi connectivity index (χ2v) is 5.93. The van der Waals surface area contributed by atoms with Crippen molar-refractivity contribution >= 4 is 0 Å². The molecule has 0 aromatic heterocycles. The van der Waals surface area contributed by atoms with Crippen LogP contribution in [0.4, 0.5) is 0 Å². The Morgan fingerprint density at radius 1 is 1.53 bits per heavy atom. The van der Waals surface area contributed by atoms with Crippen LogP contribution < -0.4 is 5.32 Å². The topological polar surface area (TPSA) is 48.3 Å². The first-order valence-electron chi connectivity index (χ1n) is 6.48. The van der Waals surface area contributed by atoms with Crippen molar-refractivity contribution in [3.8, 4) is 6.07 Å². The van der Waals surface area contributed by atoms with E-state index in [1.807, 2.05) is 7.05 Å². The van der Waals surface area contributed by atoms with Gasteiger partial charge in [0.1, 0.15) is 5.54 Å². The lowest BCUT2D eigenvalue weighted by Gasteiger charge is -2.41. The Balaban J connectivity index is 2.01. The number of nitrogens with one attached hydrogen (secondary N) is 1. The summed E-state index contributed by atoms with van der Waals surface area (Å²) in [5.41, 5.74) is -0.440. The van der Waals surface area contributed by atoms with Crippen molar-refractivity contribution in [1.29, 1.82) is 5.26 Å². The fourth-order valence-corrected chi connectivity index (χ4v) is 2.77. The number of rotatable bonds is 4. The summed E-state index contributed by atoms with van der Waals surface area (Å²) in [5, 5.41) is 12.7. The summed E-state index contributed by atoms with van der Waals surface area (Å²) in [7, 11) is 1.91. The Kier molecular flexibility index (Phi) is 3.44. The van der Waals surface area contributed by atoms with Crippen molar-refractivity contribution < 1.29 is 4.74 Å². The van der Waals surface area contributed by atoms with E-state index in [4.69, 9.17) is 4.74 Å². The van der Waals surface area contributed by atoms with Crippen molar-refractivity contribution in [2.24, 2.45) is 5.92 Å². The molecule has 1 unspecified atom stereocenters. The molecule has 0 aromatic carbocycles. The summed E-state index contributed by atoms with van der Waals surface area (Å²) in [6.45, 7) is 7.65. The molecule has 1 saturated carbocycles. The van der Waals surface area contributed by atoms with Crippen LogP contribution in [-0.4, -0.2) is 49.3 Å². The maximum absolute atomic E-state index is 9.48. The molecule has 0 spiro atoms. The monoisotopic (exact) mass is 237 g/mol. The lowest BCUT2D eigenvalue weighted by Crippen LogP contribution is -2.58. The molecule has 0 bridgehead atoms. The first-order valence-corrected chi connectivity index (χ1v) is 6.48. The molecule has 1 atom stereocenters. The summed E-state index contributed by atoms with van der Waals surface area (Å²) in [6.07, 6.45) is 2.37. The summed E-state index contributed by atoms with van der Waals surface area (Å²) < 4.78 is 5.71. The standard InChI is InChI=1S/C13H23N3O/c1-12(2)9-16(6-7-17-12)10-13(8-14,15-3)11-4-5-11/h11,15H,4-7,9-10H2,1-3H3. The van der Waals surface area contributed by atoms with Gasteiger partial charge in [-0.15, -0.1) is 0 Å². The van der Waals surface area contributed by atoms with Crippen molar-refractivity contribution in [1.82, 2.24) is 10.2 Å². The highest BCUT2D eigenvalue weighted by Crippen LogP contribution is 2.40. The zero-order valence-corrected chi connectivity index (χ0v) is 11.1. The quantitative estimate of drug-likeness (QED) is 0.792. The second-order valence-electron chi connectivity index (χ2n) is 5.93. The SMILES string of the molecule is CNC(C#N)(CN1CCOC(C)(C)C1)C1CC1. The molecular weight excluding hydrogens is 214 g/mol. The molecule has 4 nitrogen and oxygen atoms in total. The number of hydrogen-bond donors (Lipinski definition) is 1. The lowest BCUT2D eigenvalue weighted by molar-refractivity contribution is -0.0899. The number of nitrogens with zero attached hydrogens (tertiary/aromatic N) is 2. The molecule has 1 heterocycles. The zero-order valence-electron chi connectivity index (χ0n) is 11.1. The van der Waals surface area contributed by atoms with Gasteiger partial charge in [0, 0.05) is 19.6 Å². The van der Waals surface area contributed by atoms with Crippen LogP contribution in [0, 0.1) is 17.2 Å². The van der Waals surface area contributed by atoms with Gasteiger partial charge in [0.15, 0.2) is 0 Å². The van der Waals surface area contributed by atoms with E-state index in [0.29, 0.717) is 5.92 Å². The number of ether oxygens (including phenoxy) is 1. The molecule has 1 saturated heterocycles. The van der Waals surface area contributed by atoms with Crippen molar-refractivity contribution in [3.63, 3.8) is 0 Å². The van der Waals surface area contributed by atoms with Gasteiger partial charge in [-0.1, -0.05) is 0 Å². The summed E-state index contributed by atoms with van der Waals surface area (Å²) in [4.78, 5) is 2.36. The van der Waals surface area contributed by atoms with Crippen LogP contribution in [0.25, 0.3) is 0 Å². The molecule has 4 heteroatoms. The Bertz CT molecular complexity index is 319. The lowest BCUT2D eigenvalue weighted by atomic mass is 9.93. The Hall–Kier alpha value is -0.630. The Morgan fingerprint density at radius 2 is 2.24 bits per heavy atom. The van der Waals surface area contributed by atoms with Gasteiger partial charge in [-0.25, -0.2) is 0 Å². The molecule has 1 aliphatic carbocycles. The molecule has 96 valence electrons. The average Bonchev–Trinajstić information content (AvgIpc) is 3.09. The molecule has 1 aliphatic heterocycles. The van der Waals surface area contributed by atoms with Crippen LogP contribution in [0.5, 0.6) is 0 Å².